The van der Waals surface area contributed by atoms with Gasteiger partial charge in [-0.1, -0.05) is 0 Å². The Balaban J connectivity index is 1.97. The topological polar surface area (TPSA) is 24.1 Å². The Bertz CT molecular complexity index is 124. The smallest absolute Gasteiger partial charge is 0.0193 e. The second-order valence-corrected chi connectivity index (χ2v) is 4.87. The first-order chi connectivity index (χ1) is 6.33. The summed E-state index contributed by atoms with van der Waals surface area (Å²) >= 11 is 1.93. The molecule has 0 saturated carbocycles. The van der Waals surface area contributed by atoms with E-state index < -0.39 is 0 Å². The third-order valence-electron chi connectivity index (χ3n) is 2.63. The first kappa shape index (κ1) is 11.3. The lowest BCUT2D eigenvalue weighted by molar-refractivity contribution is 0.473. The molecule has 0 aromatic heterocycles. The molecule has 1 fully saturated rings. The van der Waals surface area contributed by atoms with Crippen LogP contribution in [0.5, 0.6) is 0 Å². The molecule has 1 aliphatic rings. The zero-order chi connectivity index (χ0) is 9.52. The van der Waals surface area contributed by atoms with Gasteiger partial charge in [0.15, 0.2) is 0 Å². The van der Waals surface area contributed by atoms with E-state index >= 15 is 0 Å². The van der Waals surface area contributed by atoms with E-state index in [1.165, 1.54) is 31.6 Å². The largest absolute Gasteiger partial charge is 0.313 e. The Labute approximate surface area is 86.2 Å². The van der Waals surface area contributed by atoms with Gasteiger partial charge in [0, 0.05) is 18.6 Å². The van der Waals surface area contributed by atoms with Crippen LogP contribution < -0.4 is 10.6 Å². The highest BCUT2D eigenvalue weighted by Crippen LogP contribution is 2.05. The molecule has 1 heterocycles. The highest BCUT2D eigenvalue weighted by Gasteiger charge is 2.13. The lowest BCUT2D eigenvalue weighted by Crippen LogP contribution is -2.38. The van der Waals surface area contributed by atoms with Crippen LogP contribution in [0.3, 0.4) is 0 Å². The predicted molar refractivity (Wildman–Crippen MR) is 61.5 cm³/mol. The van der Waals surface area contributed by atoms with Crippen molar-refractivity contribution in [3.8, 4) is 0 Å². The van der Waals surface area contributed by atoms with Crippen LogP contribution in [0.15, 0.2) is 0 Å². The van der Waals surface area contributed by atoms with Crippen LogP contribution in [-0.2, 0) is 0 Å². The molecular formula is C10H22N2S. The summed E-state index contributed by atoms with van der Waals surface area (Å²) in [5.74, 6) is 1.27. The van der Waals surface area contributed by atoms with Crippen molar-refractivity contribution in [3.05, 3.63) is 0 Å². The first-order valence-corrected chi connectivity index (χ1v) is 6.68. The Morgan fingerprint density at radius 2 is 2.46 bits per heavy atom. The highest BCUT2D eigenvalue weighted by atomic mass is 32.2. The van der Waals surface area contributed by atoms with Gasteiger partial charge in [0.2, 0.25) is 0 Å². The monoisotopic (exact) mass is 202 g/mol. The van der Waals surface area contributed by atoms with Gasteiger partial charge in [0.1, 0.15) is 0 Å². The average molecular weight is 202 g/mol. The summed E-state index contributed by atoms with van der Waals surface area (Å²) in [6.07, 6.45) is 6.16. The van der Waals surface area contributed by atoms with Gasteiger partial charge in [-0.15, -0.1) is 0 Å². The third-order valence-corrected chi connectivity index (χ3v) is 3.27. The van der Waals surface area contributed by atoms with Crippen molar-refractivity contribution >= 4 is 11.8 Å². The molecule has 78 valence electrons. The van der Waals surface area contributed by atoms with Gasteiger partial charge in [-0.25, -0.2) is 0 Å². The number of thioether (sulfide) groups is 1. The van der Waals surface area contributed by atoms with E-state index in [1.807, 2.05) is 11.8 Å². The molecule has 1 aliphatic heterocycles. The fourth-order valence-corrected chi connectivity index (χ4v) is 2.26. The number of hydrogen-bond acceptors (Lipinski definition) is 3. The molecule has 0 amide bonds. The lowest BCUT2D eigenvalue weighted by Gasteiger charge is -2.16. The Hall–Kier alpha value is 0.270. The normalized spacial score (nSPS) is 24.9. The maximum absolute atomic E-state index is 3.58. The molecule has 0 aliphatic carbocycles. The molecule has 0 spiro atoms. The van der Waals surface area contributed by atoms with Crippen LogP contribution in [0.1, 0.15) is 26.2 Å². The van der Waals surface area contributed by atoms with E-state index in [2.05, 4.69) is 23.8 Å². The van der Waals surface area contributed by atoms with Gasteiger partial charge in [-0.05, 0) is 44.7 Å². The quantitative estimate of drug-likeness (QED) is 0.682. The molecule has 3 heteroatoms. The van der Waals surface area contributed by atoms with Crippen molar-refractivity contribution in [1.82, 2.24) is 10.6 Å². The van der Waals surface area contributed by atoms with E-state index in [4.69, 9.17) is 0 Å². The van der Waals surface area contributed by atoms with E-state index in [9.17, 15) is 0 Å². The van der Waals surface area contributed by atoms with Crippen molar-refractivity contribution in [3.63, 3.8) is 0 Å². The standard InChI is InChI=1S/C10H22N2S/c1-9(5-7-13-2)12-8-10-4-3-6-11-10/h9-12H,3-8H2,1-2H3. The van der Waals surface area contributed by atoms with Gasteiger partial charge < -0.3 is 10.6 Å². The maximum atomic E-state index is 3.58. The molecule has 13 heavy (non-hydrogen) atoms. The van der Waals surface area contributed by atoms with Crippen LogP contribution in [0.2, 0.25) is 0 Å². The molecule has 0 aromatic carbocycles. The molecule has 2 atom stereocenters. The van der Waals surface area contributed by atoms with Gasteiger partial charge in [-0.2, -0.15) is 11.8 Å². The van der Waals surface area contributed by atoms with Gasteiger partial charge >= 0.3 is 0 Å². The van der Waals surface area contributed by atoms with Crippen LogP contribution in [0, 0.1) is 0 Å². The molecule has 2 nitrogen and oxygen atoms in total. The first-order valence-electron chi connectivity index (χ1n) is 5.28. The Kier molecular flexibility index (Phi) is 5.83. The minimum Gasteiger partial charge on any atom is -0.313 e. The van der Waals surface area contributed by atoms with Crippen molar-refractivity contribution in [2.75, 3.05) is 25.1 Å². The van der Waals surface area contributed by atoms with Crippen LogP contribution in [0.4, 0.5) is 0 Å². The van der Waals surface area contributed by atoms with Crippen LogP contribution in [-0.4, -0.2) is 37.2 Å². The fourth-order valence-electron chi connectivity index (χ4n) is 1.67. The lowest BCUT2D eigenvalue weighted by atomic mass is 10.2. The molecule has 2 unspecified atom stereocenters. The third kappa shape index (κ3) is 4.89. The fraction of sp³-hybridized carbons (Fsp3) is 1.00. The number of rotatable bonds is 6. The molecule has 0 bridgehead atoms. The minimum absolute atomic E-state index is 0.676. The van der Waals surface area contributed by atoms with Gasteiger partial charge in [0.25, 0.3) is 0 Å². The Morgan fingerprint density at radius 3 is 3.08 bits per heavy atom. The van der Waals surface area contributed by atoms with Crippen LogP contribution >= 0.6 is 11.8 Å². The molecule has 1 rings (SSSR count). The maximum Gasteiger partial charge on any atom is 0.0193 e. The molecule has 1 saturated heterocycles. The molecule has 0 radical (unpaired) electrons. The summed E-state index contributed by atoms with van der Waals surface area (Å²) in [5.41, 5.74) is 0. The summed E-state index contributed by atoms with van der Waals surface area (Å²) in [4.78, 5) is 0. The SMILES string of the molecule is CSCCC(C)NCC1CCCN1. The van der Waals surface area contributed by atoms with E-state index in [0.29, 0.717) is 6.04 Å². The molecule has 0 aromatic rings. The summed E-state index contributed by atoms with van der Waals surface area (Å²) < 4.78 is 0. The summed E-state index contributed by atoms with van der Waals surface area (Å²) in [7, 11) is 0. The van der Waals surface area contributed by atoms with E-state index in [0.717, 1.165) is 12.6 Å². The van der Waals surface area contributed by atoms with E-state index in [1.54, 1.807) is 0 Å². The predicted octanol–water partition coefficient (Wildman–Crippen LogP) is 1.47. The second kappa shape index (κ2) is 6.68. The van der Waals surface area contributed by atoms with Crippen molar-refractivity contribution in [2.45, 2.75) is 38.3 Å². The van der Waals surface area contributed by atoms with Crippen molar-refractivity contribution < 1.29 is 0 Å². The van der Waals surface area contributed by atoms with Gasteiger partial charge in [-0.3, -0.25) is 0 Å². The minimum atomic E-state index is 0.676. The zero-order valence-corrected chi connectivity index (χ0v) is 9.62. The number of nitrogens with one attached hydrogen (secondary N) is 2. The number of hydrogen-bond donors (Lipinski definition) is 2. The highest BCUT2D eigenvalue weighted by molar-refractivity contribution is 7.98. The Morgan fingerprint density at radius 1 is 1.62 bits per heavy atom. The summed E-state index contributed by atoms with van der Waals surface area (Å²) in [6, 6.07) is 1.41. The average Bonchev–Trinajstić information content (AvgIpc) is 2.64. The zero-order valence-electron chi connectivity index (χ0n) is 8.81. The summed E-state index contributed by atoms with van der Waals surface area (Å²) in [5, 5.41) is 7.08. The van der Waals surface area contributed by atoms with Crippen molar-refractivity contribution in [1.29, 1.82) is 0 Å². The van der Waals surface area contributed by atoms with Crippen molar-refractivity contribution in [2.24, 2.45) is 0 Å². The second-order valence-electron chi connectivity index (χ2n) is 3.88. The van der Waals surface area contributed by atoms with Gasteiger partial charge in [0.05, 0.1) is 0 Å². The molecular weight excluding hydrogens is 180 g/mol. The molecule has 2 N–H and O–H groups in total. The van der Waals surface area contributed by atoms with E-state index in [-0.39, 0.29) is 0 Å². The summed E-state index contributed by atoms with van der Waals surface area (Å²) in [6.45, 7) is 4.65. The van der Waals surface area contributed by atoms with Crippen LogP contribution in [0.25, 0.3) is 0 Å².